The van der Waals surface area contributed by atoms with Gasteiger partial charge in [0.1, 0.15) is 0 Å². The first-order valence-corrected chi connectivity index (χ1v) is 6.03. The van der Waals surface area contributed by atoms with E-state index in [1.165, 1.54) is 12.8 Å². The first-order chi connectivity index (χ1) is 7.29. The Balaban J connectivity index is 2.11. The molecule has 1 aliphatic heterocycles. The van der Waals surface area contributed by atoms with E-state index in [1.807, 2.05) is 30.3 Å². The molecule has 0 bridgehead atoms. The molecule has 2 nitrogen and oxygen atoms in total. The second-order valence-electron chi connectivity index (χ2n) is 3.69. The molecule has 1 saturated heterocycles. The summed E-state index contributed by atoms with van der Waals surface area (Å²) in [5, 5.41) is 0. The van der Waals surface area contributed by atoms with Crippen molar-refractivity contribution in [2.75, 3.05) is 13.1 Å². The monoisotopic (exact) mass is 267 g/mol. The molecule has 0 aromatic heterocycles. The van der Waals surface area contributed by atoms with Crippen molar-refractivity contribution in [3.8, 4) is 0 Å². The minimum absolute atomic E-state index is 0.109. The molecule has 15 heavy (non-hydrogen) atoms. The van der Waals surface area contributed by atoms with E-state index >= 15 is 0 Å². The summed E-state index contributed by atoms with van der Waals surface area (Å²) in [6.45, 7) is 2.00. The number of hydrogen-bond donors (Lipinski definition) is 0. The summed E-state index contributed by atoms with van der Waals surface area (Å²) in [4.78, 5) is 14.2. The van der Waals surface area contributed by atoms with Crippen LogP contribution >= 0.6 is 0 Å². The molecule has 0 aliphatic carbocycles. The van der Waals surface area contributed by atoms with Gasteiger partial charge in [0.05, 0.1) is 0 Å². The SMILES string of the molecule is O=C(C(=[Se])N1CCCC1)c1ccccc1. The van der Waals surface area contributed by atoms with Gasteiger partial charge in [0.2, 0.25) is 0 Å². The van der Waals surface area contributed by atoms with E-state index in [-0.39, 0.29) is 5.78 Å². The molecule has 2 rings (SSSR count). The van der Waals surface area contributed by atoms with E-state index in [4.69, 9.17) is 0 Å². The number of likely N-dealkylation sites (tertiary alicyclic amines) is 1. The third-order valence-corrected chi connectivity index (χ3v) is 3.55. The molecular formula is C12H13NOSe. The Kier molecular flexibility index (Phi) is 3.34. The van der Waals surface area contributed by atoms with Crippen molar-refractivity contribution in [1.29, 1.82) is 0 Å². The van der Waals surface area contributed by atoms with Gasteiger partial charge in [0.25, 0.3) is 0 Å². The number of rotatable bonds is 3. The van der Waals surface area contributed by atoms with Gasteiger partial charge in [-0.3, -0.25) is 0 Å². The summed E-state index contributed by atoms with van der Waals surface area (Å²) in [6.07, 6.45) is 2.38. The van der Waals surface area contributed by atoms with Crippen LogP contribution in [0.1, 0.15) is 23.2 Å². The van der Waals surface area contributed by atoms with Gasteiger partial charge >= 0.3 is 97.4 Å². The number of benzene rings is 1. The molecule has 0 radical (unpaired) electrons. The number of carbonyl (C=O) groups excluding carboxylic acids is 1. The maximum atomic E-state index is 12.0. The number of hydrogen-bond acceptors (Lipinski definition) is 2. The van der Waals surface area contributed by atoms with Crippen LogP contribution in [0.4, 0.5) is 0 Å². The number of ketones is 1. The molecule has 0 N–H and O–H groups in total. The zero-order valence-electron chi connectivity index (χ0n) is 8.48. The number of carbonyl (C=O) groups is 1. The standard InChI is InChI=1S/C12H13NOSe/c14-11(10-6-2-1-3-7-10)12(15)13-8-4-5-9-13/h1-3,6-7H,4-5,8-9H2. The molecule has 1 heterocycles. The van der Waals surface area contributed by atoms with Crippen LogP contribution in [0.3, 0.4) is 0 Å². The zero-order chi connectivity index (χ0) is 10.7. The van der Waals surface area contributed by atoms with Crippen molar-refractivity contribution < 1.29 is 4.79 Å². The summed E-state index contributed by atoms with van der Waals surface area (Å²) in [5.74, 6) is 0.109. The van der Waals surface area contributed by atoms with Crippen LogP contribution < -0.4 is 0 Å². The summed E-state index contributed by atoms with van der Waals surface area (Å²) in [5.41, 5.74) is 0.762. The average molecular weight is 266 g/mol. The van der Waals surface area contributed by atoms with Crippen LogP contribution in [0.2, 0.25) is 0 Å². The summed E-state index contributed by atoms with van der Waals surface area (Å²) < 4.78 is 0.763. The topological polar surface area (TPSA) is 20.3 Å². The van der Waals surface area contributed by atoms with Gasteiger partial charge in [-0.05, 0) is 0 Å². The van der Waals surface area contributed by atoms with Crippen LogP contribution in [0.5, 0.6) is 0 Å². The Morgan fingerprint density at radius 1 is 1.13 bits per heavy atom. The molecule has 0 saturated carbocycles. The molecular weight excluding hydrogens is 253 g/mol. The normalized spacial score (nSPS) is 15.3. The van der Waals surface area contributed by atoms with Gasteiger partial charge < -0.3 is 0 Å². The zero-order valence-corrected chi connectivity index (χ0v) is 10.2. The molecule has 78 valence electrons. The molecule has 0 unspecified atom stereocenters. The summed E-state index contributed by atoms with van der Waals surface area (Å²) in [6, 6.07) is 9.42. The van der Waals surface area contributed by atoms with Gasteiger partial charge in [-0.2, -0.15) is 0 Å². The number of nitrogens with zero attached hydrogens (tertiary/aromatic N) is 1. The van der Waals surface area contributed by atoms with Crippen LogP contribution in [-0.2, 0) is 0 Å². The molecule has 0 amide bonds. The fraction of sp³-hybridized carbons (Fsp3) is 0.333. The summed E-state index contributed by atoms with van der Waals surface area (Å²) >= 11 is 2.91. The quantitative estimate of drug-likeness (QED) is 0.606. The van der Waals surface area contributed by atoms with Gasteiger partial charge in [0.15, 0.2) is 0 Å². The van der Waals surface area contributed by atoms with Crippen molar-refractivity contribution in [3.05, 3.63) is 35.9 Å². The molecule has 0 atom stereocenters. The second kappa shape index (κ2) is 4.73. The predicted molar refractivity (Wildman–Crippen MR) is 62.3 cm³/mol. The maximum absolute atomic E-state index is 12.0. The van der Waals surface area contributed by atoms with E-state index in [2.05, 4.69) is 20.5 Å². The Hall–Kier alpha value is -0.921. The van der Waals surface area contributed by atoms with Crippen molar-refractivity contribution in [2.45, 2.75) is 12.8 Å². The molecule has 1 fully saturated rings. The van der Waals surface area contributed by atoms with Crippen molar-refractivity contribution in [1.82, 2.24) is 4.90 Å². The third kappa shape index (κ3) is 2.36. The van der Waals surface area contributed by atoms with Crippen molar-refractivity contribution in [2.24, 2.45) is 0 Å². The first-order valence-electron chi connectivity index (χ1n) is 5.17. The van der Waals surface area contributed by atoms with E-state index in [9.17, 15) is 4.79 Å². The van der Waals surface area contributed by atoms with Gasteiger partial charge in [-0.15, -0.1) is 0 Å². The Morgan fingerprint density at radius 2 is 1.73 bits per heavy atom. The van der Waals surface area contributed by atoms with Crippen molar-refractivity contribution >= 4 is 25.9 Å². The first kappa shape index (κ1) is 10.6. The average Bonchev–Trinajstić information content (AvgIpc) is 2.82. The van der Waals surface area contributed by atoms with Crippen LogP contribution in [0.25, 0.3) is 0 Å². The minimum atomic E-state index is 0.109. The molecule has 3 heteroatoms. The van der Waals surface area contributed by atoms with Crippen LogP contribution in [0.15, 0.2) is 30.3 Å². The Morgan fingerprint density at radius 3 is 2.33 bits per heavy atom. The van der Waals surface area contributed by atoms with Crippen LogP contribution in [0, 0.1) is 0 Å². The molecule has 0 spiro atoms. The van der Waals surface area contributed by atoms with Crippen LogP contribution in [-0.4, -0.2) is 43.9 Å². The third-order valence-electron chi connectivity index (χ3n) is 2.62. The fourth-order valence-corrected chi connectivity index (χ4v) is 2.41. The fourth-order valence-electron chi connectivity index (χ4n) is 1.78. The summed E-state index contributed by atoms with van der Waals surface area (Å²) in [7, 11) is 0. The van der Waals surface area contributed by atoms with Gasteiger partial charge in [-0.1, -0.05) is 0 Å². The predicted octanol–water partition coefficient (Wildman–Crippen LogP) is 1.26. The van der Waals surface area contributed by atoms with E-state index in [0.29, 0.717) is 0 Å². The Labute approximate surface area is 97.6 Å². The van der Waals surface area contributed by atoms with E-state index in [0.717, 1.165) is 23.2 Å². The second-order valence-corrected chi connectivity index (χ2v) is 4.51. The van der Waals surface area contributed by atoms with E-state index in [1.54, 1.807) is 0 Å². The Bertz CT molecular complexity index is 368. The molecule has 1 aromatic carbocycles. The van der Waals surface area contributed by atoms with E-state index < -0.39 is 0 Å². The van der Waals surface area contributed by atoms with Gasteiger partial charge in [0, 0.05) is 0 Å². The molecule has 1 aliphatic rings. The van der Waals surface area contributed by atoms with Crippen molar-refractivity contribution in [3.63, 3.8) is 0 Å². The number of Topliss-reactive ketones (excluding diaryl/α,β-unsaturated/α-hetero) is 1. The molecule has 1 aromatic rings. The van der Waals surface area contributed by atoms with Gasteiger partial charge in [-0.25, -0.2) is 0 Å².